The molecule has 0 radical (unpaired) electrons. The fraction of sp³-hybridized carbons (Fsp3) is 0.692. The van der Waals surface area contributed by atoms with E-state index < -0.39 is 0 Å². The number of rotatable bonds is 7. The molecule has 0 spiro atoms. The van der Waals surface area contributed by atoms with Crippen LogP contribution in [0.15, 0.2) is 17.5 Å². The van der Waals surface area contributed by atoms with Gasteiger partial charge in [-0.2, -0.15) is 0 Å². The summed E-state index contributed by atoms with van der Waals surface area (Å²) >= 11 is 1.87. The van der Waals surface area contributed by atoms with Crippen LogP contribution in [0, 0.1) is 5.92 Å². The van der Waals surface area contributed by atoms with Crippen molar-refractivity contribution in [1.29, 1.82) is 0 Å². The van der Waals surface area contributed by atoms with Gasteiger partial charge in [-0.3, -0.25) is 0 Å². The van der Waals surface area contributed by atoms with Crippen LogP contribution in [0.2, 0.25) is 0 Å². The van der Waals surface area contributed by atoms with E-state index in [9.17, 15) is 0 Å². The van der Waals surface area contributed by atoms with Gasteiger partial charge >= 0.3 is 0 Å². The Balaban J connectivity index is 2.53. The van der Waals surface area contributed by atoms with Crippen LogP contribution in [0.5, 0.6) is 0 Å². The molecule has 0 saturated carbocycles. The molecule has 0 aliphatic rings. The van der Waals surface area contributed by atoms with Gasteiger partial charge in [0.2, 0.25) is 0 Å². The van der Waals surface area contributed by atoms with Crippen LogP contribution in [0.3, 0.4) is 0 Å². The maximum Gasteiger partial charge on any atom is 0.0417 e. The minimum absolute atomic E-state index is 0.569. The van der Waals surface area contributed by atoms with Gasteiger partial charge in [0.05, 0.1) is 0 Å². The predicted molar refractivity (Wildman–Crippen MR) is 69.4 cm³/mol. The van der Waals surface area contributed by atoms with Crippen LogP contribution >= 0.6 is 11.3 Å². The largest absolute Gasteiger partial charge is 0.309 e. The highest BCUT2D eigenvalue weighted by atomic mass is 32.1. The highest BCUT2D eigenvalue weighted by molar-refractivity contribution is 7.10. The minimum atomic E-state index is 0.569. The third kappa shape index (κ3) is 4.35. The number of nitrogens with one attached hydrogen (secondary N) is 1. The molecule has 2 heteroatoms. The molecule has 0 fully saturated rings. The Bertz CT molecular complexity index is 243. The number of hydrogen-bond donors (Lipinski definition) is 1. The maximum absolute atomic E-state index is 3.65. The van der Waals surface area contributed by atoms with E-state index in [1.165, 1.54) is 24.1 Å². The summed E-state index contributed by atoms with van der Waals surface area (Å²) in [6.45, 7) is 7.96. The third-order valence-electron chi connectivity index (χ3n) is 2.86. The molecule has 1 rings (SSSR count). The summed E-state index contributed by atoms with van der Waals surface area (Å²) in [7, 11) is 0. The standard InChI is InChI=1S/C13H23NS/c1-4-8-14-12(10-11(3)5-2)13-7-6-9-15-13/h6-7,9,11-12,14H,4-5,8,10H2,1-3H3. The van der Waals surface area contributed by atoms with Crippen molar-refractivity contribution >= 4 is 11.3 Å². The van der Waals surface area contributed by atoms with Crippen LogP contribution in [-0.2, 0) is 0 Å². The fourth-order valence-corrected chi connectivity index (χ4v) is 2.49. The topological polar surface area (TPSA) is 12.0 Å². The Hall–Kier alpha value is -0.340. The van der Waals surface area contributed by atoms with Gasteiger partial charge in [-0.15, -0.1) is 11.3 Å². The van der Waals surface area contributed by atoms with Crippen molar-refractivity contribution in [1.82, 2.24) is 5.32 Å². The molecule has 0 aliphatic carbocycles. The Morgan fingerprint density at radius 3 is 2.73 bits per heavy atom. The Morgan fingerprint density at radius 1 is 1.40 bits per heavy atom. The average molecular weight is 225 g/mol. The molecule has 86 valence electrons. The van der Waals surface area contributed by atoms with Gasteiger partial charge in [-0.25, -0.2) is 0 Å². The lowest BCUT2D eigenvalue weighted by molar-refractivity contribution is 0.406. The van der Waals surface area contributed by atoms with E-state index in [-0.39, 0.29) is 0 Å². The Labute approximate surface area is 97.9 Å². The second kappa shape index (κ2) is 7.02. The van der Waals surface area contributed by atoms with E-state index in [0.29, 0.717) is 6.04 Å². The molecule has 1 aromatic heterocycles. The van der Waals surface area contributed by atoms with E-state index in [4.69, 9.17) is 0 Å². The lowest BCUT2D eigenvalue weighted by atomic mass is 9.98. The van der Waals surface area contributed by atoms with Crippen molar-refractivity contribution in [3.8, 4) is 0 Å². The van der Waals surface area contributed by atoms with E-state index >= 15 is 0 Å². The summed E-state index contributed by atoms with van der Waals surface area (Å²) in [5.41, 5.74) is 0. The molecule has 1 aromatic rings. The summed E-state index contributed by atoms with van der Waals surface area (Å²) in [6, 6.07) is 4.97. The molecule has 0 aliphatic heterocycles. The fourth-order valence-electron chi connectivity index (χ4n) is 1.68. The predicted octanol–water partition coefficient (Wildman–Crippen LogP) is 4.23. The first-order chi connectivity index (χ1) is 7.27. The molecule has 15 heavy (non-hydrogen) atoms. The molecule has 2 unspecified atom stereocenters. The van der Waals surface area contributed by atoms with Gasteiger partial charge in [0.1, 0.15) is 0 Å². The average Bonchev–Trinajstić information content (AvgIpc) is 2.77. The molecule has 0 bridgehead atoms. The van der Waals surface area contributed by atoms with Crippen LogP contribution < -0.4 is 5.32 Å². The van der Waals surface area contributed by atoms with Gasteiger partial charge in [-0.05, 0) is 36.8 Å². The molecular formula is C13H23NS. The SMILES string of the molecule is CCCNC(CC(C)CC)c1cccs1. The summed E-state index contributed by atoms with van der Waals surface area (Å²) in [6.07, 6.45) is 3.75. The Kier molecular flexibility index (Phi) is 5.96. The molecular weight excluding hydrogens is 202 g/mol. The molecule has 1 nitrogen and oxygen atoms in total. The lowest BCUT2D eigenvalue weighted by Crippen LogP contribution is -2.23. The summed E-state index contributed by atoms with van der Waals surface area (Å²) < 4.78 is 0. The highest BCUT2D eigenvalue weighted by Crippen LogP contribution is 2.26. The van der Waals surface area contributed by atoms with E-state index in [1.807, 2.05) is 11.3 Å². The number of thiophene rings is 1. The van der Waals surface area contributed by atoms with Crippen molar-refractivity contribution in [3.63, 3.8) is 0 Å². The molecule has 0 saturated heterocycles. The smallest absolute Gasteiger partial charge is 0.0417 e. The van der Waals surface area contributed by atoms with Crippen LogP contribution in [0.25, 0.3) is 0 Å². The van der Waals surface area contributed by atoms with Crippen LogP contribution in [-0.4, -0.2) is 6.54 Å². The van der Waals surface area contributed by atoms with Crippen molar-refractivity contribution < 1.29 is 0 Å². The quantitative estimate of drug-likeness (QED) is 0.732. The highest BCUT2D eigenvalue weighted by Gasteiger charge is 2.14. The zero-order chi connectivity index (χ0) is 11.1. The van der Waals surface area contributed by atoms with Crippen molar-refractivity contribution in [2.24, 2.45) is 5.92 Å². The molecule has 1 heterocycles. The second-order valence-electron chi connectivity index (χ2n) is 4.27. The first kappa shape index (κ1) is 12.7. The first-order valence-electron chi connectivity index (χ1n) is 6.04. The summed E-state index contributed by atoms with van der Waals surface area (Å²) in [5, 5.41) is 5.82. The zero-order valence-electron chi connectivity index (χ0n) is 10.1. The van der Waals surface area contributed by atoms with Crippen molar-refractivity contribution in [2.75, 3.05) is 6.54 Å². The summed E-state index contributed by atoms with van der Waals surface area (Å²) in [5.74, 6) is 0.807. The van der Waals surface area contributed by atoms with Gasteiger partial charge in [0.25, 0.3) is 0 Å². The van der Waals surface area contributed by atoms with Gasteiger partial charge in [-0.1, -0.05) is 33.3 Å². The molecule has 0 aromatic carbocycles. The van der Waals surface area contributed by atoms with Crippen molar-refractivity contribution in [2.45, 2.75) is 46.1 Å². The maximum atomic E-state index is 3.65. The van der Waals surface area contributed by atoms with Gasteiger partial charge in [0, 0.05) is 10.9 Å². The molecule has 1 N–H and O–H groups in total. The normalized spacial score (nSPS) is 15.1. The monoisotopic (exact) mass is 225 g/mol. The van der Waals surface area contributed by atoms with Gasteiger partial charge in [0.15, 0.2) is 0 Å². The molecule has 2 atom stereocenters. The van der Waals surface area contributed by atoms with Crippen molar-refractivity contribution in [3.05, 3.63) is 22.4 Å². The third-order valence-corrected chi connectivity index (χ3v) is 3.85. The van der Waals surface area contributed by atoms with E-state index in [0.717, 1.165) is 12.5 Å². The van der Waals surface area contributed by atoms with E-state index in [2.05, 4.69) is 43.6 Å². The zero-order valence-corrected chi connectivity index (χ0v) is 10.9. The summed E-state index contributed by atoms with van der Waals surface area (Å²) in [4.78, 5) is 1.49. The van der Waals surface area contributed by atoms with Crippen LogP contribution in [0.1, 0.15) is 51.0 Å². The Morgan fingerprint density at radius 2 is 2.20 bits per heavy atom. The molecule has 0 amide bonds. The first-order valence-corrected chi connectivity index (χ1v) is 6.92. The minimum Gasteiger partial charge on any atom is -0.309 e. The van der Waals surface area contributed by atoms with Gasteiger partial charge < -0.3 is 5.32 Å². The van der Waals surface area contributed by atoms with E-state index in [1.54, 1.807) is 0 Å². The van der Waals surface area contributed by atoms with Crippen LogP contribution in [0.4, 0.5) is 0 Å². The number of hydrogen-bond acceptors (Lipinski definition) is 2. The second-order valence-corrected chi connectivity index (χ2v) is 5.25. The lowest BCUT2D eigenvalue weighted by Gasteiger charge is -2.20.